The molecule has 0 aliphatic carbocycles. The Morgan fingerprint density at radius 1 is 1.29 bits per heavy atom. The van der Waals surface area contributed by atoms with E-state index in [0.717, 1.165) is 51.1 Å². The first kappa shape index (κ1) is 14.9. The molecule has 1 aromatic heterocycles. The molecule has 118 valence electrons. The molecule has 2 fully saturated rings. The third-order valence-corrected chi connectivity index (χ3v) is 5.13. The van der Waals surface area contributed by atoms with Crippen LogP contribution in [0.2, 0.25) is 0 Å². The van der Waals surface area contributed by atoms with Gasteiger partial charge in [0.25, 0.3) is 0 Å². The first-order valence-electron chi connectivity index (χ1n) is 7.93. The zero-order valence-corrected chi connectivity index (χ0v) is 13.0. The first-order valence-corrected chi connectivity index (χ1v) is 7.93. The zero-order valence-electron chi connectivity index (χ0n) is 13.0. The number of methoxy groups -OCH3 is 1. The maximum atomic E-state index is 5.75. The predicted octanol–water partition coefficient (Wildman–Crippen LogP) is 1.75. The summed E-state index contributed by atoms with van der Waals surface area (Å²) < 4.78 is 16.8. The first-order chi connectivity index (χ1) is 10.2. The summed E-state index contributed by atoms with van der Waals surface area (Å²) in [7, 11) is 1.72. The topological polar surface area (TPSA) is 69.4 Å². The maximum absolute atomic E-state index is 5.75. The number of nitrogens with one attached hydrogen (secondary N) is 1. The van der Waals surface area contributed by atoms with E-state index in [4.69, 9.17) is 19.0 Å². The molecule has 0 spiro atoms. The van der Waals surface area contributed by atoms with Crippen molar-refractivity contribution in [1.29, 1.82) is 0 Å². The van der Waals surface area contributed by atoms with Crippen LogP contribution in [0.25, 0.3) is 0 Å². The molecule has 1 atom stereocenters. The highest BCUT2D eigenvalue weighted by molar-refractivity contribution is 5.11. The lowest BCUT2D eigenvalue weighted by atomic mass is 9.78. The van der Waals surface area contributed by atoms with E-state index < -0.39 is 5.60 Å². The van der Waals surface area contributed by atoms with Gasteiger partial charge in [0.15, 0.2) is 0 Å². The second-order valence-corrected chi connectivity index (χ2v) is 6.15. The maximum Gasteiger partial charge on any atom is 0.234 e. The molecule has 1 unspecified atom stereocenters. The second-order valence-electron chi connectivity index (χ2n) is 6.15. The van der Waals surface area contributed by atoms with Crippen LogP contribution in [0.15, 0.2) is 4.52 Å². The Labute approximate surface area is 125 Å². The van der Waals surface area contributed by atoms with Gasteiger partial charge in [-0.3, -0.25) is 0 Å². The fourth-order valence-electron chi connectivity index (χ4n) is 3.45. The number of ether oxygens (including phenoxy) is 2. The minimum Gasteiger partial charge on any atom is -0.381 e. The normalized spacial score (nSPS) is 29.4. The van der Waals surface area contributed by atoms with Gasteiger partial charge >= 0.3 is 0 Å². The van der Waals surface area contributed by atoms with E-state index in [9.17, 15) is 0 Å². The standard InChI is InChI=1S/C15H25N3O3/c1-3-14(5-4-8-16-11-14)13-17-12(18-21-13)15(19-2)6-9-20-10-7-15/h16H,3-11H2,1-2H3. The number of hydrogen-bond donors (Lipinski definition) is 1. The molecular weight excluding hydrogens is 270 g/mol. The highest BCUT2D eigenvalue weighted by atomic mass is 16.5. The van der Waals surface area contributed by atoms with Crippen LogP contribution in [-0.2, 0) is 20.5 Å². The third kappa shape index (κ3) is 2.60. The molecular formula is C15H25N3O3. The highest BCUT2D eigenvalue weighted by Gasteiger charge is 2.43. The van der Waals surface area contributed by atoms with Crippen LogP contribution in [-0.4, -0.2) is 43.6 Å². The van der Waals surface area contributed by atoms with Crippen LogP contribution < -0.4 is 5.32 Å². The molecule has 3 rings (SSSR count). The molecule has 2 saturated heterocycles. The summed E-state index contributed by atoms with van der Waals surface area (Å²) in [6.07, 6.45) is 4.81. The van der Waals surface area contributed by atoms with Crippen LogP contribution >= 0.6 is 0 Å². The molecule has 6 heteroatoms. The van der Waals surface area contributed by atoms with Crippen LogP contribution in [0.5, 0.6) is 0 Å². The number of rotatable bonds is 4. The van der Waals surface area contributed by atoms with Crippen LogP contribution in [0.1, 0.15) is 50.7 Å². The number of aromatic nitrogens is 2. The van der Waals surface area contributed by atoms with Crippen molar-refractivity contribution in [1.82, 2.24) is 15.5 Å². The van der Waals surface area contributed by atoms with Gasteiger partial charge in [-0.1, -0.05) is 12.1 Å². The molecule has 1 aromatic rings. The van der Waals surface area contributed by atoms with Crippen molar-refractivity contribution >= 4 is 0 Å². The Morgan fingerprint density at radius 2 is 2.10 bits per heavy atom. The highest BCUT2D eigenvalue weighted by Crippen LogP contribution is 2.37. The fraction of sp³-hybridized carbons (Fsp3) is 0.867. The van der Waals surface area contributed by atoms with Gasteiger partial charge in [0.2, 0.25) is 11.7 Å². The molecule has 2 aliphatic heterocycles. The van der Waals surface area contributed by atoms with Gasteiger partial charge in [0.05, 0.1) is 5.41 Å². The summed E-state index contributed by atoms with van der Waals surface area (Å²) >= 11 is 0. The molecule has 0 saturated carbocycles. The van der Waals surface area contributed by atoms with E-state index in [-0.39, 0.29) is 5.41 Å². The van der Waals surface area contributed by atoms with Crippen LogP contribution in [0, 0.1) is 0 Å². The van der Waals surface area contributed by atoms with Crippen LogP contribution in [0.4, 0.5) is 0 Å². The van der Waals surface area contributed by atoms with Crippen molar-refractivity contribution in [3.63, 3.8) is 0 Å². The molecule has 21 heavy (non-hydrogen) atoms. The summed E-state index contributed by atoms with van der Waals surface area (Å²) in [5.74, 6) is 1.44. The fourth-order valence-corrected chi connectivity index (χ4v) is 3.45. The van der Waals surface area contributed by atoms with Gasteiger partial charge in [-0.2, -0.15) is 4.98 Å². The lowest BCUT2D eigenvalue weighted by Crippen LogP contribution is -2.43. The van der Waals surface area contributed by atoms with E-state index in [1.165, 1.54) is 0 Å². The molecule has 1 N–H and O–H groups in total. The summed E-state index contributed by atoms with van der Waals surface area (Å²) in [6, 6.07) is 0. The van der Waals surface area contributed by atoms with E-state index in [0.29, 0.717) is 19.0 Å². The van der Waals surface area contributed by atoms with Crippen molar-refractivity contribution in [2.75, 3.05) is 33.4 Å². The monoisotopic (exact) mass is 295 g/mol. The minimum absolute atomic E-state index is 0.0242. The summed E-state index contributed by atoms with van der Waals surface area (Å²) in [5.41, 5.74) is -0.472. The average molecular weight is 295 g/mol. The smallest absolute Gasteiger partial charge is 0.234 e. The summed E-state index contributed by atoms with van der Waals surface area (Å²) in [6.45, 7) is 5.53. The van der Waals surface area contributed by atoms with E-state index in [1.54, 1.807) is 7.11 Å². The Hall–Kier alpha value is -0.980. The molecule has 6 nitrogen and oxygen atoms in total. The lowest BCUT2D eigenvalue weighted by Gasteiger charge is -2.34. The molecule has 0 radical (unpaired) electrons. The Bertz CT molecular complexity index is 422. The summed E-state index contributed by atoms with van der Waals surface area (Å²) in [4.78, 5) is 4.75. The zero-order chi connectivity index (χ0) is 14.8. The van der Waals surface area contributed by atoms with Gasteiger partial charge in [-0.25, -0.2) is 0 Å². The van der Waals surface area contributed by atoms with Gasteiger partial charge in [0.1, 0.15) is 5.60 Å². The largest absolute Gasteiger partial charge is 0.381 e. The molecule has 2 aliphatic rings. The van der Waals surface area contributed by atoms with Gasteiger partial charge < -0.3 is 19.3 Å². The molecule has 0 bridgehead atoms. The third-order valence-electron chi connectivity index (χ3n) is 5.13. The Morgan fingerprint density at radius 3 is 2.71 bits per heavy atom. The molecule has 0 amide bonds. The van der Waals surface area contributed by atoms with E-state index in [2.05, 4.69) is 17.4 Å². The Kier molecular flexibility index (Phi) is 4.28. The number of hydrogen-bond acceptors (Lipinski definition) is 6. The van der Waals surface area contributed by atoms with Crippen molar-refractivity contribution in [2.45, 2.75) is 50.0 Å². The number of nitrogens with zero attached hydrogens (tertiary/aromatic N) is 2. The van der Waals surface area contributed by atoms with E-state index >= 15 is 0 Å². The second kappa shape index (κ2) is 6.02. The van der Waals surface area contributed by atoms with Gasteiger partial charge in [-0.05, 0) is 25.8 Å². The van der Waals surface area contributed by atoms with Gasteiger partial charge in [0, 0.05) is 39.7 Å². The molecule has 3 heterocycles. The van der Waals surface area contributed by atoms with Crippen molar-refractivity contribution in [3.8, 4) is 0 Å². The minimum atomic E-state index is -0.447. The number of piperidine rings is 1. The average Bonchev–Trinajstić information content (AvgIpc) is 3.07. The van der Waals surface area contributed by atoms with E-state index in [1.807, 2.05) is 0 Å². The summed E-state index contributed by atoms with van der Waals surface area (Å²) in [5, 5.41) is 7.71. The van der Waals surface area contributed by atoms with Crippen molar-refractivity contribution in [2.24, 2.45) is 0 Å². The SMILES string of the molecule is CCC1(c2nc(C3(OC)CCOCC3)no2)CCCNC1. The molecule has 0 aromatic carbocycles. The predicted molar refractivity (Wildman–Crippen MR) is 77.1 cm³/mol. The Balaban J connectivity index is 1.88. The lowest BCUT2D eigenvalue weighted by molar-refractivity contribution is -0.101. The van der Waals surface area contributed by atoms with Gasteiger partial charge in [-0.15, -0.1) is 0 Å². The van der Waals surface area contributed by atoms with Crippen molar-refractivity contribution < 1.29 is 14.0 Å². The van der Waals surface area contributed by atoms with Crippen molar-refractivity contribution in [3.05, 3.63) is 11.7 Å². The van der Waals surface area contributed by atoms with Crippen LogP contribution in [0.3, 0.4) is 0 Å². The quantitative estimate of drug-likeness (QED) is 0.912.